The van der Waals surface area contributed by atoms with Crippen LogP contribution in [0.5, 0.6) is 0 Å². The Bertz CT molecular complexity index is 848. The van der Waals surface area contributed by atoms with Crippen molar-refractivity contribution in [3.05, 3.63) is 64.7 Å². The summed E-state index contributed by atoms with van der Waals surface area (Å²) < 4.78 is 27.4. The maximum absolute atomic E-state index is 12.3. The van der Waals surface area contributed by atoms with E-state index >= 15 is 0 Å². The molecule has 1 aliphatic rings. The Morgan fingerprint density at radius 2 is 1.67 bits per heavy atom. The number of rotatable bonds is 7. The van der Waals surface area contributed by atoms with Crippen LogP contribution in [0.25, 0.3) is 0 Å². The molecule has 0 aromatic heterocycles. The minimum absolute atomic E-state index is 0.0318. The summed E-state index contributed by atoms with van der Waals surface area (Å²) in [5.41, 5.74) is 3.03. The van der Waals surface area contributed by atoms with Gasteiger partial charge in [-0.15, -0.1) is 0 Å². The van der Waals surface area contributed by atoms with Gasteiger partial charge in [0.1, 0.15) is 0 Å². The van der Waals surface area contributed by atoms with Crippen molar-refractivity contribution in [2.24, 2.45) is 0 Å². The molecule has 0 radical (unpaired) electrons. The smallest absolute Gasteiger partial charge is 0.215 e. The van der Waals surface area contributed by atoms with Crippen LogP contribution in [0.4, 0.5) is 5.69 Å². The number of halogens is 1. The summed E-state index contributed by atoms with van der Waals surface area (Å²) in [7, 11) is -3.32. The molecule has 1 aliphatic heterocycles. The molecule has 27 heavy (non-hydrogen) atoms. The van der Waals surface area contributed by atoms with Gasteiger partial charge in [0.15, 0.2) is 0 Å². The summed E-state index contributed by atoms with van der Waals surface area (Å²) in [5, 5.41) is 0.746. The molecule has 1 fully saturated rings. The number of aryl methyl sites for hydroxylation is 1. The van der Waals surface area contributed by atoms with Crippen molar-refractivity contribution in [1.29, 1.82) is 0 Å². The molecule has 2 aromatic rings. The Balaban J connectivity index is 1.42. The van der Waals surface area contributed by atoms with Crippen LogP contribution in [-0.2, 0) is 15.8 Å². The topological polar surface area (TPSA) is 52.7 Å². The fourth-order valence-corrected chi connectivity index (χ4v) is 4.63. The van der Waals surface area contributed by atoms with Gasteiger partial charge in [-0.25, -0.2) is 13.1 Å². The minimum Gasteiger partial charge on any atom is -0.369 e. The van der Waals surface area contributed by atoms with E-state index in [1.165, 1.54) is 5.69 Å². The van der Waals surface area contributed by atoms with Crippen molar-refractivity contribution in [2.75, 3.05) is 44.2 Å². The largest absolute Gasteiger partial charge is 0.369 e. The molecule has 0 bridgehead atoms. The molecule has 3 rings (SSSR count). The first-order chi connectivity index (χ1) is 12.9. The van der Waals surface area contributed by atoms with E-state index < -0.39 is 10.0 Å². The lowest BCUT2D eigenvalue weighted by molar-refractivity contribution is 0.262. The molecule has 0 aliphatic carbocycles. The molecule has 1 N–H and O–H groups in total. The van der Waals surface area contributed by atoms with Gasteiger partial charge in [-0.1, -0.05) is 35.9 Å². The summed E-state index contributed by atoms with van der Waals surface area (Å²) >= 11 is 5.94. The molecule has 2 aromatic carbocycles. The monoisotopic (exact) mass is 407 g/mol. The Morgan fingerprint density at radius 3 is 2.33 bits per heavy atom. The van der Waals surface area contributed by atoms with Crippen LogP contribution >= 0.6 is 11.6 Å². The third-order valence-electron chi connectivity index (χ3n) is 4.92. The summed E-state index contributed by atoms with van der Waals surface area (Å²) in [6.07, 6.45) is 0. The van der Waals surface area contributed by atoms with E-state index in [1.54, 1.807) is 0 Å². The zero-order chi connectivity index (χ0) is 19.3. The van der Waals surface area contributed by atoms with Gasteiger partial charge in [-0.05, 0) is 42.3 Å². The van der Waals surface area contributed by atoms with Gasteiger partial charge in [-0.3, -0.25) is 4.90 Å². The summed E-state index contributed by atoms with van der Waals surface area (Å²) in [6, 6.07) is 15.5. The maximum atomic E-state index is 12.3. The Hall–Kier alpha value is -1.60. The van der Waals surface area contributed by atoms with Gasteiger partial charge in [0.2, 0.25) is 10.0 Å². The van der Waals surface area contributed by atoms with Crippen molar-refractivity contribution in [2.45, 2.75) is 12.7 Å². The number of piperazine rings is 1. The number of benzene rings is 2. The Kier molecular flexibility index (Phi) is 6.76. The third kappa shape index (κ3) is 5.94. The van der Waals surface area contributed by atoms with E-state index in [2.05, 4.69) is 14.5 Å². The second kappa shape index (κ2) is 9.06. The first kappa shape index (κ1) is 20.1. The number of hydrogen-bond donors (Lipinski definition) is 1. The van der Waals surface area contributed by atoms with Crippen LogP contribution < -0.4 is 9.62 Å². The zero-order valence-corrected chi connectivity index (χ0v) is 17.1. The maximum Gasteiger partial charge on any atom is 0.215 e. The van der Waals surface area contributed by atoms with Gasteiger partial charge in [-0.2, -0.15) is 0 Å². The molecule has 0 amide bonds. The second-order valence-corrected chi connectivity index (χ2v) is 9.13. The SMILES string of the molecule is Cc1ccccc1CS(=O)(=O)NCCN1CCN(c2ccc(Cl)cc2)CC1. The van der Waals surface area contributed by atoms with Crippen LogP contribution in [0.1, 0.15) is 11.1 Å². The highest BCUT2D eigenvalue weighted by Gasteiger charge is 2.18. The number of anilines is 1. The first-order valence-electron chi connectivity index (χ1n) is 9.18. The average Bonchev–Trinajstić information content (AvgIpc) is 2.65. The Labute approximate surface area is 167 Å². The highest BCUT2D eigenvalue weighted by molar-refractivity contribution is 7.88. The van der Waals surface area contributed by atoms with Crippen LogP contribution in [-0.4, -0.2) is 52.6 Å². The first-order valence-corrected chi connectivity index (χ1v) is 11.2. The van der Waals surface area contributed by atoms with Crippen molar-refractivity contribution < 1.29 is 8.42 Å². The number of hydrogen-bond acceptors (Lipinski definition) is 4. The van der Waals surface area contributed by atoms with E-state index in [9.17, 15) is 8.42 Å². The molecule has 7 heteroatoms. The van der Waals surface area contributed by atoms with E-state index in [1.807, 2.05) is 55.5 Å². The van der Waals surface area contributed by atoms with Gasteiger partial charge in [0, 0.05) is 50.0 Å². The molecule has 0 atom stereocenters. The van der Waals surface area contributed by atoms with Gasteiger partial charge in [0.25, 0.3) is 0 Å². The molecule has 0 saturated carbocycles. The standard InChI is InChI=1S/C20H26ClN3O2S/c1-17-4-2-3-5-18(17)16-27(25,26)22-10-11-23-12-14-24(15-13-23)20-8-6-19(21)7-9-20/h2-9,22H,10-16H2,1H3. The quantitative estimate of drug-likeness (QED) is 0.766. The molecule has 5 nitrogen and oxygen atoms in total. The minimum atomic E-state index is -3.32. The molecule has 0 unspecified atom stereocenters. The molecule has 0 spiro atoms. The highest BCUT2D eigenvalue weighted by atomic mass is 35.5. The lowest BCUT2D eigenvalue weighted by atomic mass is 10.1. The number of nitrogens with zero attached hydrogens (tertiary/aromatic N) is 2. The zero-order valence-electron chi connectivity index (χ0n) is 15.6. The summed E-state index contributed by atoms with van der Waals surface area (Å²) in [6.45, 7) is 6.79. The molecule has 1 saturated heterocycles. The van der Waals surface area contributed by atoms with Crippen molar-refractivity contribution in [3.8, 4) is 0 Å². The predicted molar refractivity (Wildman–Crippen MR) is 112 cm³/mol. The van der Waals surface area contributed by atoms with Crippen LogP contribution in [0.3, 0.4) is 0 Å². The fourth-order valence-electron chi connectivity index (χ4n) is 3.27. The van der Waals surface area contributed by atoms with Gasteiger partial charge in [0.05, 0.1) is 5.75 Å². The second-order valence-electron chi connectivity index (χ2n) is 6.89. The fraction of sp³-hybridized carbons (Fsp3) is 0.400. The number of nitrogens with one attached hydrogen (secondary N) is 1. The van der Waals surface area contributed by atoms with Crippen molar-refractivity contribution in [3.63, 3.8) is 0 Å². The van der Waals surface area contributed by atoms with Gasteiger partial charge >= 0.3 is 0 Å². The van der Waals surface area contributed by atoms with Crippen LogP contribution in [0.15, 0.2) is 48.5 Å². The van der Waals surface area contributed by atoms with Crippen molar-refractivity contribution >= 4 is 27.3 Å². The normalized spacial score (nSPS) is 15.9. The van der Waals surface area contributed by atoms with E-state index in [-0.39, 0.29) is 5.75 Å². The molecular weight excluding hydrogens is 382 g/mol. The average molecular weight is 408 g/mol. The lowest BCUT2D eigenvalue weighted by Crippen LogP contribution is -2.48. The summed E-state index contributed by atoms with van der Waals surface area (Å²) in [5.74, 6) is 0.0318. The number of sulfonamides is 1. The van der Waals surface area contributed by atoms with Gasteiger partial charge < -0.3 is 4.90 Å². The lowest BCUT2D eigenvalue weighted by Gasteiger charge is -2.36. The summed E-state index contributed by atoms with van der Waals surface area (Å²) in [4.78, 5) is 4.62. The van der Waals surface area contributed by atoms with Crippen molar-refractivity contribution in [1.82, 2.24) is 9.62 Å². The van der Waals surface area contributed by atoms with Crippen LogP contribution in [0.2, 0.25) is 5.02 Å². The molecule has 146 valence electrons. The highest BCUT2D eigenvalue weighted by Crippen LogP contribution is 2.19. The predicted octanol–water partition coefficient (Wildman–Crippen LogP) is 2.89. The van der Waals surface area contributed by atoms with E-state index in [0.29, 0.717) is 6.54 Å². The van der Waals surface area contributed by atoms with Crippen LogP contribution in [0, 0.1) is 6.92 Å². The Morgan fingerprint density at radius 1 is 1.00 bits per heavy atom. The molecular formula is C20H26ClN3O2S. The molecule has 1 heterocycles. The van der Waals surface area contributed by atoms with E-state index in [4.69, 9.17) is 11.6 Å². The van der Waals surface area contributed by atoms with E-state index in [0.717, 1.165) is 48.9 Å². The third-order valence-corrected chi connectivity index (χ3v) is 6.51.